The van der Waals surface area contributed by atoms with Crippen molar-refractivity contribution in [1.82, 2.24) is 0 Å². The molecule has 1 fully saturated rings. The lowest BCUT2D eigenvalue weighted by molar-refractivity contribution is -0.117. The molecule has 114 valence electrons. The highest BCUT2D eigenvalue weighted by molar-refractivity contribution is 5.91. The van der Waals surface area contributed by atoms with Gasteiger partial charge in [0.1, 0.15) is 0 Å². The summed E-state index contributed by atoms with van der Waals surface area (Å²) in [6.07, 6.45) is 8.19. The highest BCUT2D eigenvalue weighted by atomic mass is 16.1. The summed E-state index contributed by atoms with van der Waals surface area (Å²) < 4.78 is 0. The average molecular weight is 286 g/mol. The first kappa shape index (κ1) is 14.4. The van der Waals surface area contributed by atoms with Gasteiger partial charge in [-0.15, -0.1) is 0 Å². The van der Waals surface area contributed by atoms with E-state index in [2.05, 4.69) is 35.3 Å². The molecular formula is C18H26N2O. The van der Waals surface area contributed by atoms with Crippen molar-refractivity contribution in [2.45, 2.75) is 51.9 Å². The molecule has 3 nitrogen and oxygen atoms in total. The number of carbonyl (C=O) groups is 1. The minimum Gasteiger partial charge on any atom is -0.371 e. The van der Waals surface area contributed by atoms with Crippen molar-refractivity contribution in [1.29, 1.82) is 0 Å². The molecule has 0 saturated heterocycles. The van der Waals surface area contributed by atoms with Crippen molar-refractivity contribution < 1.29 is 4.79 Å². The number of anilines is 2. The maximum Gasteiger partial charge on any atom is 0.224 e. The lowest BCUT2D eigenvalue weighted by Gasteiger charge is -2.21. The Morgan fingerprint density at radius 1 is 1.29 bits per heavy atom. The number of amides is 1. The second-order valence-corrected chi connectivity index (χ2v) is 6.43. The molecule has 0 radical (unpaired) electrons. The van der Waals surface area contributed by atoms with E-state index in [-0.39, 0.29) is 5.91 Å². The number of nitrogens with zero attached hydrogens (tertiary/aromatic N) is 1. The van der Waals surface area contributed by atoms with Gasteiger partial charge in [-0.1, -0.05) is 25.3 Å². The molecule has 2 aliphatic rings. The van der Waals surface area contributed by atoms with Gasteiger partial charge >= 0.3 is 0 Å². The zero-order valence-electron chi connectivity index (χ0n) is 13.0. The fraction of sp³-hybridized carbons (Fsp3) is 0.611. The number of hydrogen-bond donors (Lipinski definition) is 1. The standard InChI is InChI=1S/C18H26N2O/c1-2-20-11-10-15-8-9-16(13-17(15)20)19-18(21)12-14-6-4-3-5-7-14/h8-9,13-14H,2-7,10-12H2,1H3,(H,19,21). The van der Waals surface area contributed by atoms with Crippen LogP contribution in [0, 0.1) is 5.92 Å². The van der Waals surface area contributed by atoms with Gasteiger partial charge in [0.25, 0.3) is 0 Å². The fourth-order valence-electron chi connectivity index (χ4n) is 3.72. The summed E-state index contributed by atoms with van der Waals surface area (Å²) in [5.41, 5.74) is 3.66. The van der Waals surface area contributed by atoms with E-state index in [1.807, 2.05) is 0 Å². The number of hydrogen-bond acceptors (Lipinski definition) is 2. The molecule has 3 heteroatoms. The Morgan fingerprint density at radius 3 is 2.86 bits per heavy atom. The predicted octanol–water partition coefficient (Wildman–Crippen LogP) is 3.98. The van der Waals surface area contributed by atoms with Gasteiger partial charge in [-0.3, -0.25) is 4.79 Å². The molecule has 0 aromatic heterocycles. The number of benzene rings is 1. The van der Waals surface area contributed by atoms with Crippen LogP contribution in [0.3, 0.4) is 0 Å². The molecular weight excluding hydrogens is 260 g/mol. The van der Waals surface area contributed by atoms with Crippen LogP contribution in [0.2, 0.25) is 0 Å². The van der Waals surface area contributed by atoms with Gasteiger partial charge in [-0.25, -0.2) is 0 Å². The zero-order chi connectivity index (χ0) is 14.7. The number of nitrogens with one attached hydrogen (secondary N) is 1. The second kappa shape index (κ2) is 6.50. The summed E-state index contributed by atoms with van der Waals surface area (Å²) in [5, 5.41) is 3.10. The van der Waals surface area contributed by atoms with Gasteiger partial charge in [0.2, 0.25) is 5.91 Å². The van der Waals surface area contributed by atoms with Gasteiger partial charge < -0.3 is 10.2 Å². The smallest absolute Gasteiger partial charge is 0.224 e. The van der Waals surface area contributed by atoms with E-state index in [9.17, 15) is 4.79 Å². The predicted molar refractivity (Wildman–Crippen MR) is 87.9 cm³/mol. The Balaban J connectivity index is 1.61. The van der Waals surface area contributed by atoms with Crippen LogP contribution in [0.5, 0.6) is 0 Å². The molecule has 1 heterocycles. The van der Waals surface area contributed by atoms with Crippen LogP contribution in [-0.2, 0) is 11.2 Å². The van der Waals surface area contributed by atoms with Gasteiger partial charge in [0.05, 0.1) is 0 Å². The Labute approximate surface area is 127 Å². The lowest BCUT2D eigenvalue weighted by atomic mass is 9.87. The Kier molecular flexibility index (Phi) is 4.47. The third-order valence-electron chi connectivity index (χ3n) is 4.94. The van der Waals surface area contributed by atoms with Crippen molar-refractivity contribution >= 4 is 17.3 Å². The molecule has 21 heavy (non-hydrogen) atoms. The first-order valence-electron chi connectivity index (χ1n) is 8.44. The van der Waals surface area contributed by atoms with E-state index in [1.165, 1.54) is 43.4 Å². The van der Waals surface area contributed by atoms with E-state index < -0.39 is 0 Å². The quantitative estimate of drug-likeness (QED) is 0.908. The van der Waals surface area contributed by atoms with Crippen LogP contribution in [0.1, 0.15) is 51.0 Å². The lowest BCUT2D eigenvalue weighted by Crippen LogP contribution is -2.20. The number of fused-ring (bicyclic) bond motifs is 1. The summed E-state index contributed by atoms with van der Waals surface area (Å²) in [5.74, 6) is 0.781. The minimum atomic E-state index is 0.183. The van der Waals surface area contributed by atoms with Crippen LogP contribution < -0.4 is 10.2 Å². The fourth-order valence-corrected chi connectivity index (χ4v) is 3.72. The Hall–Kier alpha value is -1.51. The van der Waals surface area contributed by atoms with Crippen molar-refractivity contribution in [3.8, 4) is 0 Å². The number of rotatable bonds is 4. The molecule has 0 bridgehead atoms. The van der Waals surface area contributed by atoms with Gasteiger partial charge in [0, 0.05) is 30.9 Å². The minimum absolute atomic E-state index is 0.183. The Morgan fingerprint density at radius 2 is 2.10 bits per heavy atom. The highest BCUT2D eigenvalue weighted by Crippen LogP contribution is 2.31. The van der Waals surface area contributed by atoms with E-state index in [1.54, 1.807) is 0 Å². The number of likely N-dealkylation sites (N-methyl/N-ethyl adjacent to an activating group) is 1. The summed E-state index contributed by atoms with van der Waals surface area (Å²) in [4.78, 5) is 14.6. The molecule has 1 saturated carbocycles. The van der Waals surface area contributed by atoms with Crippen molar-refractivity contribution in [2.75, 3.05) is 23.3 Å². The zero-order valence-corrected chi connectivity index (χ0v) is 13.0. The highest BCUT2D eigenvalue weighted by Gasteiger charge is 2.20. The van der Waals surface area contributed by atoms with Crippen LogP contribution >= 0.6 is 0 Å². The first-order chi connectivity index (χ1) is 10.3. The topological polar surface area (TPSA) is 32.3 Å². The average Bonchev–Trinajstić information content (AvgIpc) is 2.90. The molecule has 3 rings (SSSR count). The van der Waals surface area contributed by atoms with Crippen LogP contribution in [0.25, 0.3) is 0 Å². The van der Waals surface area contributed by atoms with Crippen LogP contribution in [0.15, 0.2) is 18.2 Å². The normalized spacial score (nSPS) is 18.6. The molecule has 1 aliphatic carbocycles. The second-order valence-electron chi connectivity index (χ2n) is 6.43. The van der Waals surface area contributed by atoms with Gasteiger partial charge in [-0.2, -0.15) is 0 Å². The van der Waals surface area contributed by atoms with E-state index in [4.69, 9.17) is 0 Å². The largest absolute Gasteiger partial charge is 0.371 e. The first-order valence-corrected chi connectivity index (χ1v) is 8.44. The maximum absolute atomic E-state index is 12.2. The Bertz CT molecular complexity index is 506. The van der Waals surface area contributed by atoms with Crippen molar-refractivity contribution in [3.63, 3.8) is 0 Å². The van der Waals surface area contributed by atoms with Gasteiger partial charge in [0.15, 0.2) is 0 Å². The van der Waals surface area contributed by atoms with E-state index in [0.717, 1.165) is 25.2 Å². The van der Waals surface area contributed by atoms with Gasteiger partial charge in [-0.05, 0) is 49.8 Å². The van der Waals surface area contributed by atoms with Crippen LogP contribution in [-0.4, -0.2) is 19.0 Å². The molecule has 0 unspecified atom stereocenters. The summed E-state index contributed by atoms with van der Waals surface area (Å²) in [6.45, 7) is 4.32. The van der Waals surface area contributed by atoms with Crippen molar-refractivity contribution in [2.24, 2.45) is 5.92 Å². The monoisotopic (exact) mass is 286 g/mol. The summed E-state index contributed by atoms with van der Waals surface area (Å²) in [6, 6.07) is 6.36. The van der Waals surface area contributed by atoms with Crippen LogP contribution in [0.4, 0.5) is 11.4 Å². The molecule has 0 atom stereocenters. The molecule has 1 aliphatic heterocycles. The molecule has 1 aromatic carbocycles. The maximum atomic E-state index is 12.2. The third-order valence-corrected chi connectivity index (χ3v) is 4.94. The third kappa shape index (κ3) is 3.39. The molecule has 1 N–H and O–H groups in total. The molecule has 0 spiro atoms. The summed E-state index contributed by atoms with van der Waals surface area (Å²) >= 11 is 0. The molecule has 1 amide bonds. The van der Waals surface area contributed by atoms with E-state index >= 15 is 0 Å². The van der Waals surface area contributed by atoms with E-state index in [0.29, 0.717) is 12.3 Å². The number of carbonyl (C=O) groups excluding carboxylic acids is 1. The van der Waals surface area contributed by atoms with Crippen molar-refractivity contribution in [3.05, 3.63) is 23.8 Å². The SMILES string of the molecule is CCN1CCc2ccc(NC(=O)CC3CCCCC3)cc21. The summed E-state index contributed by atoms with van der Waals surface area (Å²) in [7, 11) is 0. The molecule has 1 aromatic rings.